The molecule has 4 heterocycles. The van der Waals surface area contributed by atoms with Crippen molar-refractivity contribution in [2.45, 2.75) is 0 Å². The topological polar surface area (TPSA) is 55.9 Å². The highest BCUT2D eigenvalue weighted by molar-refractivity contribution is 9.10. The first kappa shape index (κ1) is 15.2. The highest BCUT2D eigenvalue weighted by Crippen LogP contribution is 2.30. The van der Waals surface area contributed by atoms with Gasteiger partial charge in [-0.15, -0.1) is 0 Å². The minimum atomic E-state index is 0.626. The van der Waals surface area contributed by atoms with Crippen molar-refractivity contribution in [3.8, 4) is 11.3 Å². The molecule has 6 nitrogen and oxygen atoms in total. The molecule has 0 aliphatic heterocycles. The fourth-order valence-corrected chi connectivity index (χ4v) is 3.06. The van der Waals surface area contributed by atoms with Gasteiger partial charge in [0.1, 0.15) is 22.8 Å². The molecule has 0 fully saturated rings. The summed E-state index contributed by atoms with van der Waals surface area (Å²) in [5, 5.41) is 3.43. The van der Waals surface area contributed by atoms with E-state index in [1.54, 1.807) is 13.3 Å². The van der Waals surface area contributed by atoms with Crippen LogP contribution in [0.2, 0.25) is 0 Å². The molecule has 4 aromatic rings. The fourth-order valence-electron chi connectivity index (χ4n) is 2.72. The number of rotatable bonds is 5. The number of hydrogen-bond acceptors (Lipinski definition) is 4. The lowest BCUT2D eigenvalue weighted by molar-refractivity contribution is 0.210. The van der Waals surface area contributed by atoms with Crippen LogP contribution in [0.4, 0.5) is 5.82 Å². The van der Waals surface area contributed by atoms with Crippen LogP contribution in [0.3, 0.4) is 0 Å². The average Bonchev–Trinajstić information content (AvgIpc) is 3.19. The molecule has 0 aliphatic carbocycles. The number of pyridine rings is 2. The molecular weight excluding hydrogens is 370 g/mol. The second kappa shape index (κ2) is 6.26. The number of fused-ring (bicyclic) bond motifs is 2. The summed E-state index contributed by atoms with van der Waals surface area (Å²) in [5.41, 5.74) is 3.73. The van der Waals surface area contributed by atoms with Crippen LogP contribution in [0.5, 0.6) is 0 Å². The van der Waals surface area contributed by atoms with Gasteiger partial charge in [0.25, 0.3) is 0 Å². The number of aromatic nitrogens is 4. The van der Waals surface area contributed by atoms with Crippen molar-refractivity contribution < 1.29 is 4.74 Å². The molecule has 4 rings (SSSR count). The van der Waals surface area contributed by atoms with E-state index in [-0.39, 0.29) is 0 Å². The van der Waals surface area contributed by atoms with E-state index in [2.05, 4.69) is 26.2 Å². The zero-order chi connectivity index (χ0) is 16.5. The number of halogens is 1. The molecule has 4 aromatic heterocycles. The monoisotopic (exact) mass is 385 g/mol. The van der Waals surface area contributed by atoms with Gasteiger partial charge in [-0.1, -0.05) is 0 Å². The van der Waals surface area contributed by atoms with Crippen molar-refractivity contribution in [1.82, 2.24) is 18.8 Å². The van der Waals surface area contributed by atoms with Gasteiger partial charge in [0.15, 0.2) is 0 Å². The van der Waals surface area contributed by atoms with Gasteiger partial charge in [0, 0.05) is 48.5 Å². The molecular formula is C17H16BrN5O. The minimum Gasteiger partial charge on any atom is -0.383 e. The van der Waals surface area contributed by atoms with E-state index < -0.39 is 0 Å². The molecule has 0 aliphatic rings. The van der Waals surface area contributed by atoms with E-state index >= 15 is 0 Å². The molecule has 24 heavy (non-hydrogen) atoms. The Kier molecular flexibility index (Phi) is 3.95. The maximum Gasteiger partial charge on any atom is 0.139 e. The van der Waals surface area contributed by atoms with Crippen molar-refractivity contribution in [3.63, 3.8) is 0 Å². The molecule has 0 bridgehead atoms. The number of nitrogens with one attached hydrogen (secondary N) is 1. The molecule has 0 saturated carbocycles. The normalized spacial score (nSPS) is 11.4. The Morgan fingerprint density at radius 3 is 2.92 bits per heavy atom. The van der Waals surface area contributed by atoms with Crippen LogP contribution in [-0.4, -0.2) is 39.0 Å². The molecule has 0 unspecified atom stereocenters. The second-order valence-electron chi connectivity index (χ2n) is 5.41. The van der Waals surface area contributed by atoms with Crippen molar-refractivity contribution in [1.29, 1.82) is 0 Å². The summed E-state index contributed by atoms with van der Waals surface area (Å²) in [7, 11) is 1.70. The Balaban J connectivity index is 1.87. The summed E-state index contributed by atoms with van der Waals surface area (Å²) in [6, 6.07) is 8.02. The molecule has 0 radical (unpaired) electrons. The lowest BCUT2D eigenvalue weighted by Gasteiger charge is -2.09. The van der Waals surface area contributed by atoms with Gasteiger partial charge >= 0.3 is 0 Å². The zero-order valence-corrected chi connectivity index (χ0v) is 14.7. The maximum atomic E-state index is 5.15. The molecule has 0 amide bonds. The highest BCUT2D eigenvalue weighted by Gasteiger charge is 2.14. The highest BCUT2D eigenvalue weighted by atomic mass is 79.9. The third-order valence-corrected chi connectivity index (χ3v) is 4.31. The Morgan fingerprint density at radius 2 is 2.04 bits per heavy atom. The fraction of sp³-hybridized carbons (Fsp3) is 0.176. The van der Waals surface area contributed by atoms with Crippen LogP contribution in [-0.2, 0) is 4.74 Å². The predicted octanol–water partition coefficient (Wildman–Crippen LogP) is 3.47. The van der Waals surface area contributed by atoms with Crippen LogP contribution >= 0.6 is 15.9 Å². The molecule has 7 heteroatoms. The summed E-state index contributed by atoms with van der Waals surface area (Å²) in [6.07, 6.45) is 7.78. The Morgan fingerprint density at radius 1 is 1.17 bits per heavy atom. The number of imidazole rings is 2. The number of nitrogens with zero attached hydrogens (tertiary/aromatic N) is 4. The number of hydrogen-bond donors (Lipinski definition) is 1. The predicted molar refractivity (Wildman–Crippen MR) is 97.4 cm³/mol. The van der Waals surface area contributed by atoms with Crippen LogP contribution in [0, 0.1) is 0 Å². The summed E-state index contributed by atoms with van der Waals surface area (Å²) < 4.78 is 10.2. The van der Waals surface area contributed by atoms with Gasteiger partial charge in [-0.05, 0) is 40.2 Å². The summed E-state index contributed by atoms with van der Waals surface area (Å²) in [4.78, 5) is 9.09. The van der Waals surface area contributed by atoms with Crippen molar-refractivity contribution >= 4 is 33.0 Å². The summed E-state index contributed by atoms with van der Waals surface area (Å²) in [6.45, 7) is 1.33. The van der Waals surface area contributed by atoms with Crippen molar-refractivity contribution in [2.24, 2.45) is 0 Å². The Labute approximate surface area is 147 Å². The van der Waals surface area contributed by atoms with E-state index in [9.17, 15) is 0 Å². The molecule has 1 N–H and O–H groups in total. The molecule has 0 atom stereocenters. The van der Waals surface area contributed by atoms with Gasteiger partial charge < -0.3 is 14.5 Å². The van der Waals surface area contributed by atoms with Crippen molar-refractivity contribution in [3.05, 3.63) is 53.5 Å². The van der Waals surface area contributed by atoms with E-state index in [1.165, 1.54) is 0 Å². The number of methoxy groups -OCH3 is 1. The quantitative estimate of drug-likeness (QED) is 0.534. The molecule has 0 aromatic carbocycles. The van der Waals surface area contributed by atoms with Crippen LogP contribution in [0.25, 0.3) is 22.6 Å². The van der Waals surface area contributed by atoms with Gasteiger partial charge in [0.05, 0.1) is 6.61 Å². The van der Waals surface area contributed by atoms with Crippen molar-refractivity contribution in [2.75, 3.05) is 25.6 Å². The van der Waals surface area contributed by atoms with Gasteiger partial charge in [-0.25, -0.2) is 9.97 Å². The third-order valence-electron chi connectivity index (χ3n) is 3.84. The SMILES string of the molecule is COCCNc1c(-c2ccc3nccn3c2)nc2ccc(Br)cn12. The van der Waals surface area contributed by atoms with Gasteiger partial charge in [-0.3, -0.25) is 4.40 Å². The lowest BCUT2D eigenvalue weighted by Crippen LogP contribution is -2.10. The zero-order valence-electron chi connectivity index (χ0n) is 13.1. The second-order valence-corrected chi connectivity index (χ2v) is 6.33. The van der Waals surface area contributed by atoms with Crippen LogP contribution in [0.15, 0.2) is 53.5 Å². The Hall–Kier alpha value is -2.38. The average molecular weight is 386 g/mol. The smallest absolute Gasteiger partial charge is 0.139 e. The van der Waals surface area contributed by atoms with Crippen LogP contribution in [0.1, 0.15) is 0 Å². The minimum absolute atomic E-state index is 0.626. The summed E-state index contributed by atoms with van der Waals surface area (Å²) >= 11 is 3.53. The van der Waals surface area contributed by atoms with Gasteiger partial charge in [0.2, 0.25) is 0 Å². The first-order chi connectivity index (χ1) is 11.8. The maximum absolute atomic E-state index is 5.15. The molecule has 0 spiro atoms. The standard InChI is InChI=1S/C17H16BrN5O/c1-24-9-7-20-17-16(21-15-5-3-13(18)11-23(15)17)12-2-4-14-19-6-8-22(14)10-12/h2-6,8,10-11,20H,7,9H2,1H3. The molecule has 122 valence electrons. The first-order valence-corrected chi connectivity index (χ1v) is 8.39. The lowest BCUT2D eigenvalue weighted by atomic mass is 10.2. The first-order valence-electron chi connectivity index (χ1n) is 7.60. The van der Waals surface area contributed by atoms with Gasteiger partial charge in [-0.2, -0.15) is 0 Å². The third kappa shape index (κ3) is 2.65. The van der Waals surface area contributed by atoms with E-state index in [1.807, 2.05) is 51.7 Å². The number of anilines is 1. The van der Waals surface area contributed by atoms with Crippen LogP contribution < -0.4 is 5.32 Å². The number of ether oxygens (including phenoxy) is 1. The van der Waals surface area contributed by atoms with E-state index in [0.29, 0.717) is 13.2 Å². The summed E-state index contributed by atoms with van der Waals surface area (Å²) in [5.74, 6) is 0.947. The largest absolute Gasteiger partial charge is 0.383 e. The Bertz CT molecular complexity index is 1010. The van der Waals surface area contributed by atoms with E-state index in [4.69, 9.17) is 9.72 Å². The van der Waals surface area contributed by atoms with E-state index in [0.717, 1.165) is 32.8 Å². The molecule has 0 saturated heterocycles.